The molecule has 0 aliphatic carbocycles. The summed E-state index contributed by atoms with van der Waals surface area (Å²) >= 11 is 1.55. The van der Waals surface area contributed by atoms with Gasteiger partial charge in [0.1, 0.15) is 5.01 Å². The lowest BCUT2D eigenvalue weighted by Crippen LogP contribution is -2.34. The summed E-state index contributed by atoms with van der Waals surface area (Å²) in [7, 11) is 0. The predicted octanol–water partition coefficient (Wildman–Crippen LogP) is 1.52. The Morgan fingerprint density at radius 1 is 1.54 bits per heavy atom. The van der Waals surface area contributed by atoms with E-state index < -0.39 is 0 Å². The number of aromatic nitrogens is 1. The Morgan fingerprint density at radius 2 is 2.23 bits per heavy atom. The summed E-state index contributed by atoms with van der Waals surface area (Å²) < 4.78 is 0. The molecule has 0 unspecified atom stereocenters. The maximum atomic E-state index is 8.81. The molecule has 74 valence electrons. The highest BCUT2D eigenvalue weighted by molar-refractivity contribution is 7.11. The van der Waals surface area contributed by atoms with Gasteiger partial charge < -0.3 is 10.4 Å². The van der Waals surface area contributed by atoms with Crippen LogP contribution in [0, 0.1) is 0 Å². The summed E-state index contributed by atoms with van der Waals surface area (Å²) in [6.07, 6.45) is 1.81. The number of thiazole rings is 1. The first-order chi connectivity index (χ1) is 6.01. The number of hydrogen-bond donors (Lipinski definition) is 2. The van der Waals surface area contributed by atoms with E-state index >= 15 is 0 Å². The van der Waals surface area contributed by atoms with Crippen LogP contribution < -0.4 is 5.32 Å². The second-order valence-electron chi connectivity index (χ2n) is 3.98. The van der Waals surface area contributed by atoms with Crippen molar-refractivity contribution in [3.8, 4) is 0 Å². The highest BCUT2D eigenvalue weighted by Crippen LogP contribution is 2.13. The number of nitrogens with zero attached hydrogens (tertiary/aromatic N) is 1. The lowest BCUT2D eigenvalue weighted by atomic mass is 10.1. The molecule has 0 saturated heterocycles. The number of aliphatic hydroxyl groups is 1. The van der Waals surface area contributed by atoms with Crippen LogP contribution in [0.3, 0.4) is 0 Å². The molecule has 1 heterocycles. The van der Waals surface area contributed by atoms with Crippen molar-refractivity contribution in [2.24, 2.45) is 0 Å². The van der Waals surface area contributed by atoms with Crippen LogP contribution in [-0.4, -0.2) is 15.6 Å². The van der Waals surface area contributed by atoms with Crippen molar-refractivity contribution in [2.75, 3.05) is 0 Å². The fourth-order valence-electron chi connectivity index (χ4n) is 0.855. The quantitative estimate of drug-likeness (QED) is 0.777. The van der Waals surface area contributed by atoms with Gasteiger partial charge in [-0.1, -0.05) is 0 Å². The fourth-order valence-corrected chi connectivity index (χ4v) is 1.58. The third-order valence-corrected chi connectivity index (χ3v) is 2.51. The molecule has 0 spiro atoms. The third-order valence-electron chi connectivity index (χ3n) is 1.53. The second-order valence-corrected chi connectivity index (χ2v) is 5.18. The van der Waals surface area contributed by atoms with Crippen LogP contribution in [0.2, 0.25) is 0 Å². The monoisotopic (exact) mass is 200 g/mol. The van der Waals surface area contributed by atoms with Crippen molar-refractivity contribution >= 4 is 11.3 Å². The topological polar surface area (TPSA) is 45.2 Å². The van der Waals surface area contributed by atoms with Gasteiger partial charge in [-0.3, -0.25) is 0 Å². The van der Waals surface area contributed by atoms with Gasteiger partial charge in [-0.05, 0) is 20.8 Å². The van der Waals surface area contributed by atoms with Gasteiger partial charge in [0.05, 0.1) is 6.61 Å². The van der Waals surface area contributed by atoms with Crippen molar-refractivity contribution in [1.29, 1.82) is 0 Å². The van der Waals surface area contributed by atoms with E-state index in [0.717, 1.165) is 11.6 Å². The van der Waals surface area contributed by atoms with Crippen molar-refractivity contribution in [1.82, 2.24) is 10.3 Å². The van der Waals surface area contributed by atoms with Crippen LogP contribution in [0.1, 0.15) is 30.7 Å². The molecule has 1 aromatic heterocycles. The van der Waals surface area contributed by atoms with Crippen molar-refractivity contribution < 1.29 is 5.11 Å². The van der Waals surface area contributed by atoms with Crippen LogP contribution >= 0.6 is 11.3 Å². The van der Waals surface area contributed by atoms with Crippen LogP contribution in [0.25, 0.3) is 0 Å². The van der Waals surface area contributed by atoms with Crippen molar-refractivity contribution in [3.63, 3.8) is 0 Å². The van der Waals surface area contributed by atoms with Crippen LogP contribution in [-0.2, 0) is 13.2 Å². The molecular formula is C9H16N2OS. The largest absolute Gasteiger partial charge is 0.389 e. The summed E-state index contributed by atoms with van der Waals surface area (Å²) in [5, 5.41) is 13.0. The Morgan fingerprint density at radius 3 is 2.69 bits per heavy atom. The molecule has 0 atom stereocenters. The summed E-state index contributed by atoms with van der Waals surface area (Å²) in [6.45, 7) is 7.24. The molecule has 0 fully saturated rings. The third kappa shape index (κ3) is 3.85. The van der Waals surface area contributed by atoms with Crippen LogP contribution in [0.15, 0.2) is 6.20 Å². The molecule has 0 saturated carbocycles. The summed E-state index contributed by atoms with van der Waals surface area (Å²) in [4.78, 5) is 5.23. The minimum absolute atomic E-state index is 0.0418. The molecule has 0 aromatic carbocycles. The maximum absolute atomic E-state index is 8.81. The second kappa shape index (κ2) is 4.17. The highest BCUT2D eigenvalue weighted by atomic mass is 32.1. The molecule has 0 aliphatic heterocycles. The lowest BCUT2D eigenvalue weighted by Gasteiger charge is -2.19. The molecule has 0 amide bonds. The molecular weight excluding hydrogens is 184 g/mol. The van der Waals surface area contributed by atoms with Crippen molar-refractivity contribution in [2.45, 2.75) is 39.5 Å². The van der Waals surface area contributed by atoms with Gasteiger partial charge in [-0.15, -0.1) is 11.3 Å². The maximum Gasteiger partial charge on any atom is 0.118 e. The van der Waals surface area contributed by atoms with E-state index in [1.54, 1.807) is 11.3 Å². The zero-order valence-electron chi connectivity index (χ0n) is 8.29. The zero-order valence-corrected chi connectivity index (χ0v) is 9.11. The SMILES string of the molecule is CC(C)(C)NCc1cnc(CO)s1. The highest BCUT2D eigenvalue weighted by Gasteiger charge is 2.09. The fraction of sp³-hybridized carbons (Fsp3) is 0.667. The molecule has 1 rings (SSSR count). The van der Waals surface area contributed by atoms with Crippen molar-refractivity contribution in [3.05, 3.63) is 16.1 Å². The van der Waals surface area contributed by atoms with E-state index in [1.165, 1.54) is 4.88 Å². The minimum Gasteiger partial charge on any atom is -0.389 e. The Kier molecular flexibility index (Phi) is 3.41. The smallest absolute Gasteiger partial charge is 0.118 e. The van der Waals surface area contributed by atoms with Gasteiger partial charge in [0.25, 0.3) is 0 Å². The van der Waals surface area contributed by atoms with E-state index in [-0.39, 0.29) is 12.1 Å². The van der Waals surface area contributed by atoms with Gasteiger partial charge in [0.2, 0.25) is 0 Å². The molecule has 0 radical (unpaired) electrons. The number of aliphatic hydroxyl groups excluding tert-OH is 1. The van der Waals surface area contributed by atoms with E-state index in [4.69, 9.17) is 5.11 Å². The Bertz CT molecular complexity index is 265. The van der Waals surface area contributed by atoms with Gasteiger partial charge in [-0.2, -0.15) is 0 Å². The normalized spacial score (nSPS) is 12.0. The predicted molar refractivity (Wildman–Crippen MR) is 54.6 cm³/mol. The Balaban J connectivity index is 2.46. The zero-order chi connectivity index (χ0) is 9.90. The first-order valence-electron chi connectivity index (χ1n) is 4.31. The first-order valence-corrected chi connectivity index (χ1v) is 5.12. The van der Waals surface area contributed by atoms with Gasteiger partial charge >= 0.3 is 0 Å². The minimum atomic E-state index is 0.0418. The van der Waals surface area contributed by atoms with Gasteiger partial charge in [0, 0.05) is 23.2 Å². The number of hydrogen-bond acceptors (Lipinski definition) is 4. The molecule has 0 bridgehead atoms. The van der Waals surface area contributed by atoms with E-state index in [1.807, 2.05) is 6.20 Å². The number of rotatable bonds is 3. The average molecular weight is 200 g/mol. The molecule has 4 heteroatoms. The Labute approximate surface area is 82.8 Å². The molecule has 1 aromatic rings. The Hall–Kier alpha value is -0.450. The van der Waals surface area contributed by atoms with E-state index in [0.29, 0.717) is 0 Å². The summed E-state index contributed by atoms with van der Waals surface area (Å²) in [5.41, 5.74) is 0.128. The lowest BCUT2D eigenvalue weighted by molar-refractivity contribution is 0.281. The molecule has 0 aliphatic rings. The van der Waals surface area contributed by atoms with Gasteiger partial charge in [0.15, 0.2) is 0 Å². The average Bonchev–Trinajstić information content (AvgIpc) is 2.47. The molecule has 2 N–H and O–H groups in total. The van der Waals surface area contributed by atoms with E-state index in [2.05, 4.69) is 31.1 Å². The summed E-state index contributed by atoms with van der Waals surface area (Å²) in [5.74, 6) is 0. The van der Waals surface area contributed by atoms with Gasteiger partial charge in [-0.25, -0.2) is 4.98 Å². The number of nitrogens with one attached hydrogen (secondary N) is 1. The van der Waals surface area contributed by atoms with E-state index in [9.17, 15) is 0 Å². The molecule has 3 nitrogen and oxygen atoms in total. The van der Waals surface area contributed by atoms with Crippen LogP contribution in [0.4, 0.5) is 0 Å². The first kappa shape index (κ1) is 10.6. The summed E-state index contributed by atoms with van der Waals surface area (Å²) in [6, 6.07) is 0. The standard InChI is InChI=1S/C9H16N2OS/c1-9(2,3)11-5-7-4-10-8(6-12)13-7/h4,11-12H,5-6H2,1-3H3. The van der Waals surface area contributed by atoms with Crippen LogP contribution in [0.5, 0.6) is 0 Å². The molecule has 13 heavy (non-hydrogen) atoms.